The molecule has 1 aromatic rings. The standard InChI is InChI=1S/C13H18FNS/c1-2-15(9-13(10-16)7-8-13)12-6-4-3-5-11(12)14/h3-6,16H,2,7-10H2,1H3. The van der Waals surface area contributed by atoms with Gasteiger partial charge in [0.15, 0.2) is 0 Å². The van der Waals surface area contributed by atoms with Crippen molar-refractivity contribution >= 4 is 18.3 Å². The predicted molar refractivity (Wildman–Crippen MR) is 69.8 cm³/mol. The van der Waals surface area contributed by atoms with E-state index in [9.17, 15) is 4.39 Å². The summed E-state index contributed by atoms with van der Waals surface area (Å²) in [6.07, 6.45) is 2.45. The van der Waals surface area contributed by atoms with Crippen LogP contribution in [0, 0.1) is 11.2 Å². The molecule has 1 aliphatic rings. The molecule has 1 saturated carbocycles. The molecule has 88 valence electrons. The van der Waals surface area contributed by atoms with Crippen LogP contribution in [-0.4, -0.2) is 18.8 Å². The number of para-hydroxylation sites is 1. The second kappa shape index (κ2) is 4.66. The third-order valence-corrected chi connectivity index (χ3v) is 4.06. The first-order valence-corrected chi connectivity index (χ1v) is 6.44. The predicted octanol–water partition coefficient (Wildman–Crippen LogP) is 3.36. The van der Waals surface area contributed by atoms with Gasteiger partial charge in [0.05, 0.1) is 5.69 Å². The third kappa shape index (κ3) is 2.34. The first-order chi connectivity index (χ1) is 7.71. The van der Waals surface area contributed by atoms with Crippen molar-refractivity contribution in [1.29, 1.82) is 0 Å². The molecule has 0 amide bonds. The Labute approximate surface area is 102 Å². The van der Waals surface area contributed by atoms with Crippen LogP contribution >= 0.6 is 12.6 Å². The summed E-state index contributed by atoms with van der Waals surface area (Å²) in [4.78, 5) is 2.12. The Balaban J connectivity index is 2.14. The minimum atomic E-state index is -0.126. The molecular formula is C13H18FNS. The van der Waals surface area contributed by atoms with Gasteiger partial charge in [0.25, 0.3) is 0 Å². The first kappa shape index (κ1) is 11.8. The summed E-state index contributed by atoms with van der Waals surface area (Å²) < 4.78 is 13.7. The molecule has 0 N–H and O–H groups in total. The van der Waals surface area contributed by atoms with Gasteiger partial charge >= 0.3 is 0 Å². The molecule has 0 bridgehead atoms. The zero-order chi connectivity index (χ0) is 11.6. The van der Waals surface area contributed by atoms with Crippen molar-refractivity contribution < 1.29 is 4.39 Å². The van der Waals surface area contributed by atoms with Crippen LogP contribution in [0.15, 0.2) is 24.3 Å². The van der Waals surface area contributed by atoms with Crippen LogP contribution in [0.1, 0.15) is 19.8 Å². The SMILES string of the molecule is CCN(CC1(CS)CC1)c1ccccc1F. The summed E-state index contributed by atoms with van der Waals surface area (Å²) in [5.74, 6) is 0.775. The highest BCUT2D eigenvalue weighted by Crippen LogP contribution is 2.47. The summed E-state index contributed by atoms with van der Waals surface area (Å²) in [6, 6.07) is 7.01. The monoisotopic (exact) mass is 239 g/mol. The maximum Gasteiger partial charge on any atom is 0.146 e. The second-order valence-corrected chi connectivity index (χ2v) is 4.94. The molecule has 0 atom stereocenters. The van der Waals surface area contributed by atoms with Crippen LogP contribution in [0.25, 0.3) is 0 Å². The third-order valence-electron chi connectivity index (χ3n) is 3.39. The van der Waals surface area contributed by atoms with E-state index < -0.39 is 0 Å². The van der Waals surface area contributed by atoms with E-state index in [4.69, 9.17) is 0 Å². The summed E-state index contributed by atoms with van der Waals surface area (Å²) in [7, 11) is 0. The van der Waals surface area contributed by atoms with E-state index in [0.29, 0.717) is 5.41 Å². The van der Waals surface area contributed by atoms with Crippen molar-refractivity contribution in [2.45, 2.75) is 19.8 Å². The zero-order valence-electron chi connectivity index (χ0n) is 9.62. The number of hydrogen-bond acceptors (Lipinski definition) is 2. The molecule has 0 spiro atoms. The molecule has 0 saturated heterocycles. The number of benzene rings is 1. The van der Waals surface area contributed by atoms with Gasteiger partial charge in [0, 0.05) is 13.1 Å². The Hall–Kier alpha value is -0.700. The lowest BCUT2D eigenvalue weighted by Crippen LogP contribution is -2.31. The van der Waals surface area contributed by atoms with Gasteiger partial charge in [-0.25, -0.2) is 4.39 Å². The molecular weight excluding hydrogens is 221 g/mol. The fourth-order valence-corrected chi connectivity index (χ4v) is 2.44. The summed E-state index contributed by atoms with van der Waals surface area (Å²) >= 11 is 4.40. The van der Waals surface area contributed by atoms with Gasteiger partial charge in [0.1, 0.15) is 5.82 Å². The van der Waals surface area contributed by atoms with Crippen LogP contribution in [0.2, 0.25) is 0 Å². The molecule has 0 unspecified atom stereocenters. The molecule has 0 aliphatic heterocycles. The maximum absolute atomic E-state index is 13.7. The average Bonchev–Trinajstić information content (AvgIpc) is 3.08. The highest BCUT2D eigenvalue weighted by Gasteiger charge is 2.42. The van der Waals surface area contributed by atoms with E-state index >= 15 is 0 Å². The van der Waals surface area contributed by atoms with E-state index in [2.05, 4.69) is 24.5 Å². The number of halogens is 1. The maximum atomic E-state index is 13.7. The van der Waals surface area contributed by atoms with Crippen LogP contribution in [0.5, 0.6) is 0 Å². The zero-order valence-corrected chi connectivity index (χ0v) is 10.5. The number of rotatable bonds is 5. The van der Waals surface area contributed by atoms with Crippen molar-refractivity contribution in [1.82, 2.24) is 0 Å². The molecule has 1 nitrogen and oxygen atoms in total. The molecule has 3 heteroatoms. The van der Waals surface area contributed by atoms with Crippen LogP contribution < -0.4 is 4.90 Å². The highest BCUT2D eigenvalue weighted by molar-refractivity contribution is 7.80. The molecule has 1 fully saturated rings. The Bertz CT molecular complexity index is 363. The molecule has 1 aromatic carbocycles. The van der Waals surface area contributed by atoms with Crippen LogP contribution in [-0.2, 0) is 0 Å². The second-order valence-electron chi connectivity index (χ2n) is 4.62. The minimum absolute atomic E-state index is 0.126. The molecule has 0 heterocycles. The molecule has 1 aliphatic carbocycles. The fourth-order valence-electron chi connectivity index (χ4n) is 2.02. The quantitative estimate of drug-likeness (QED) is 0.771. The fraction of sp³-hybridized carbons (Fsp3) is 0.538. The lowest BCUT2D eigenvalue weighted by atomic mass is 10.1. The van der Waals surface area contributed by atoms with E-state index in [1.165, 1.54) is 18.9 Å². The highest BCUT2D eigenvalue weighted by atomic mass is 32.1. The number of hydrogen-bond donors (Lipinski definition) is 1. The average molecular weight is 239 g/mol. The van der Waals surface area contributed by atoms with Gasteiger partial charge in [-0.2, -0.15) is 12.6 Å². The topological polar surface area (TPSA) is 3.24 Å². The van der Waals surface area contributed by atoms with Gasteiger partial charge in [-0.3, -0.25) is 0 Å². The Morgan fingerprint density at radius 2 is 2.06 bits per heavy atom. The van der Waals surface area contributed by atoms with Crippen molar-refractivity contribution in [2.24, 2.45) is 5.41 Å². The first-order valence-electron chi connectivity index (χ1n) is 5.81. The van der Waals surface area contributed by atoms with Crippen LogP contribution in [0.4, 0.5) is 10.1 Å². The molecule has 0 aromatic heterocycles. The molecule has 0 radical (unpaired) electrons. The van der Waals surface area contributed by atoms with Gasteiger partial charge in [-0.15, -0.1) is 0 Å². The lowest BCUT2D eigenvalue weighted by molar-refractivity contribution is 0.551. The summed E-state index contributed by atoms with van der Waals surface area (Å²) in [6.45, 7) is 3.84. The minimum Gasteiger partial charge on any atom is -0.369 e. The van der Waals surface area contributed by atoms with E-state index in [1.807, 2.05) is 12.1 Å². The van der Waals surface area contributed by atoms with E-state index in [0.717, 1.165) is 24.5 Å². The lowest BCUT2D eigenvalue weighted by Gasteiger charge is -2.27. The normalized spacial score (nSPS) is 17.2. The van der Waals surface area contributed by atoms with E-state index in [1.54, 1.807) is 6.07 Å². The molecule has 16 heavy (non-hydrogen) atoms. The Morgan fingerprint density at radius 1 is 1.38 bits per heavy atom. The van der Waals surface area contributed by atoms with Crippen molar-refractivity contribution in [3.63, 3.8) is 0 Å². The molecule has 2 rings (SSSR count). The van der Waals surface area contributed by atoms with Crippen molar-refractivity contribution in [3.05, 3.63) is 30.1 Å². The van der Waals surface area contributed by atoms with Gasteiger partial charge in [-0.1, -0.05) is 12.1 Å². The van der Waals surface area contributed by atoms with Crippen LogP contribution in [0.3, 0.4) is 0 Å². The van der Waals surface area contributed by atoms with E-state index in [-0.39, 0.29) is 5.82 Å². The van der Waals surface area contributed by atoms with Gasteiger partial charge in [0.2, 0.25) is 0 Å². The van der Waals surface area contributed by atoms with Gasteiger partial charge < -0.3 is 4.90 Å². The summed E-state index contributed by atoms with van der Waals surface area (Å²) in [5.41, 5.74) is 1.06. The van der Waals surface area contributed by atoms with Gasteiger partial charge in [-0.05, 0) is 43.1 Å². The number of nitrogens with zero attached hydrogens (tertiary/aromatic N) is 1. The smallest absolute Gasteiger partial charge is 0.146 e. The Kier molecular flexibility index (Phi) is 3.43. The van der Waals surface area contributed by atoms with Crippen molar-refractivity contribution in [3.8, 4) is 0 Å². The Morgan fingerprint density at radius 3 is 2.56 bits per heavy atom. The largest absolute Gasteiger partial charge is 0.369 e. The van der Waals surface area contributed by atoms with Crippen molar-refractivity contribution in [2.75, 3.05) is 23.7 Å². The number of thiol groups is 1. The number of anilines is 1. The summed E-state index contributed by atoms with van der Waals surface area (Å²) in [5, 5.41) is 0.